The summed E-state index contributed by atoms with van der Waals surface area (Å²) in [6.07, 6.45) is 4.19. The van der Waals surface area contributed by atoms with E-state index in [4.69, 9.17) is 0 Å². The summed E-state index contributed by atoms with van der Waals surface area (Å²) in [5, 5.41) is 6.28. The maximum atomic E-state index is 11.1. The van der Waals surface area contributed by atoms with Crippen molar-refractivity contribution in [2.24, 2.45) is 5.92 Å². The molecule has 1 heterocycles. The highest BCUT2D eigenvalue weighted by Gasteiger charge is 2.20. The van der Waals surface area contributed by atoms with E-state index in [1.165, 1.54) is 25.9 Å². The summed E-state index contributed by atoms with van der Waals surface area (Å²) < 4.78 is 0. The van der Waals surface area contributed by atoms with E-state index >= 15 is 0 Å². The number of likely N-dealkylation sites (tertiary alicyclic amines) is 1. The molecule has 112 valence electrons. The minimum Gasteiger partial charge on any atom is -0.359 e. The minimum atomic E-state index is 0.157. The van der Waals surface area contributed by atoms with Gasteiger partial charge in [-0.1, -0.05) is 0 Å². The van der Waals surface area contributed by atoms with E-state index in [1.807, 2.05) is 0 Å². The zero-order valence-corrected chi connectivity index (χ0v) is 13.1. The largest absolute Gasteiger partial charge is 0.359 e. The summed E-state index contributed by atoms with van der Waals surface area (Å²) in [6.45, 7) is 11.2. The first-order chi connectivity index (χ1) is 8.90. The van der Waals surface area contributed by atoms with Crippen LogP contribution in [0.15, 0.2) is 0 Å². The molecule has 1 amide bonds. The van der Waals surface area contributed by atoms with E-state index < -0.39 is 0 Å². The van der Waals surface area contributed by atoms with Crippen LogP contribution in [0.1, 0.15) is 46.5 Å². The van der Waals surface area contributed by atoms with Gasteiger partial charge in [-0.15, -0.1) is 0 Å². The third-order valence-corrected chi connectivity index (χ3v) is 3.79. The number of nitrogens with one attached hydrogen (secondary N) is 2. The summed E-state index contributed by atoms with van der Waals surface area (Å²) >= 11 is 0. The van der Waals surface area contributed by atoms with E-state index in [0.717, 1.165) is 25.4 Å². The normalized spacial score (nSPS) is 18.5. The second-order valence-corrected chi connectivity index (χ2v) is 6.69. The molecule has 0 aromatic rings. The van der Waals surface area contributed by atoms with Crippen molar-refractivity contribution < 1.29 is 4.79 Å². The van der Waals surface area contributed by atoms with Gasteiger partial charge in [0.25, 0.3) is 0 Å². The average molecular weight is 269 g/mol. The molecular weight excluding hydrogens is 238 g/mol. The molecule has 4 nitrogen and oxygen atoms in total. The molecule has 0 unspecified atom stereocenters. The van der Waals surface area contributed by atoms with E-state index in [9.17, 15) is 4.79 Å². The quantitative estimate of drug-likeness (QED) is 0.770. The Morgan fingerprint density at radius 2 is 1.89 bits per heavy atom. The number of rotatable bonds is 6. The number of carbonyl (C=O) groups is 1. The van der Waals surface area contributed by atoms with Crippen molar-refractivity contribution >= 4 is 5.91 Å². The van der Waals surface area contributed by atoms with Crippen LogP contribution in [0.3, 0.4) is 0 Å². The van der Waals surface area contributed by atoms with Crippen molar-refractivity contribution in [1.29, 1.82) is 0 Å². The molecule has 1 saturated heterocycles. The van der Waals surface area contributed by atoms with Gasteiger partial charge in [0.2, 0.25) is 5.91 Å². The fraction of sp³-hybridized carbons (Fsp3) is 0.933. The van der Waals surface area contributed by atoms with E-state index in [2.05, 4.69) is 36.3 Å². The Labute approximate surface area is 118 Å². The highest BCUT2D eigenvalue weighted by atomic mass is 16.1. The molecule has 1 rings (SSSR count). The van der Waals surface area contributed by atoms with Crippen LogP contribution in [0, 0.1) is 5.92 Å². The molecule has 2 N–H and O–H groups in total. The second-order valence-electron chi connectivity index (χ2n) is 6.69. The fourth-order valence-corrected chi connectivity index (χ4v) is 2.45. The lowest BCUT2D eigenvalue weighted by molar-refractivity contribution is -0.120. The van der Waals surface area contributed by atoms with E-state index in [1.54, 1.807) is 7.05 Å². The number of hydrogen-bond acceptors (Lipinski definition) is 3. The molecule has 0 aromatic carbocycles. The van der Waals surface area contributed by atoms with Gasteiger partial charge in [0.1, 0.15) is 0 Å². The van der Waals surface area contributed by atoms with Crippen molar-refractivity contribution in [3.63, 3.8) is 0 Å². The Kier molecular flexibility index (Phi) is 6.80. The van der Waals surface area contributed by atoms with Crippen LogP contribution in [0.2, 0.25) is 0 Å². The van der Waals surface area contributed by atoms with Gasteiger partial charge in [0.05, 0.1) is 0 Å². The molecule has 0 atom stereocenters. The lowest BCUT2D eigenvalue weighted by Gasteiger charge is -2.33. The van der Waals surface area contributed by atoms with Gasteiger partial charge in [0.15, 0.2) is 0 Å². The van der Waals surface area contributed by atoms with Crippen molar-refractivity contribution in [3.05, 3.63) is 0 Å². The Hall–Kier alpha value is -0.610. The first-order valence-corrected chi connectivity index (χ1v) is 7.58. The molecule has 0 radical (unpaired) electrons. The van der Waals surface area contributed by atoms with Crippen LogP contribution >= 0.6 is 0 Å². The van der Waals surface area contributed by atoms with Gasteiger partial charge in [-0.3, -0.25) is 4.79 Å². The Morgan fingerprint density at radius 1 is 1.26 bits per heavy atom. The second kappa shape index (κ2) is 7.85. The number of amides is 1. The topological polar surface area (TPSA) is 44.4 Å². The summed E-state index contributed by atoms with van der Waals surface area (Å²) in [7, 11) is 1.70. The number of hydrogen-bond donors (Lipinski definition) is 2. The molecule has 0 aromatic heterocycles. The SMILES string of the molecule is CNC(=O)CCCN1CCC(CNC(C)(C)C)CC1. The molecule has 0 saturated carbocycles. The van der Waals surface area contributed by atoms with Crippen LogP contribution in [-0.4, -0.2) is 49.6 Å². The maximum Gasteiger partial charge on any atom is 0.219 e. The van der Waals surface area contributed by atoms with Crippen molar-refractivity contribution in [3.8, 4) is 0 Å². The van der Waals surface area contributed by atoms with Gasteiger partial charge in [-0.25, -0.2) is 0 Å². The number of nitrogens with zero attached hydrogens (tertiary/aromatic N) is 1. The Balaban J connectivity index is 2.10. The standard InChI is InChI=1S/C15H31N3O/c1-15(2,3)17-12-13-7-10-18(11-8-13)9-5-6-14(19)16-4/h13,17H,5-12H2,1-4H3,(H,16,19). The smallest absolute Gasteiger partial charge is 0.219 e. The van der Waals surface area contributed by atoms with Gasteiger partial charge in [0, 0.05) is 19.0 Å². The van der Waals surface area contributed by atoms with Crippen molar-refractivity contribution in [2.45, 2.75) is 52.0 Å². The van der Waals surface area contributed by atoms with Crippen LogP contribution < -0.4 is 10.6 Å². The van der Waals surface area contributed by atoms with E-state index in [-0.39, 0.29) is 11.4 Å². The number of piperidine rings is 1. The molecule has 0 bridgehead atoms. The monoisotopic (exact) mass is 269 g/mol. The lowest BCUT2D eigenvalue weighted by Crippen LogP contribution is -2.43. The Morgan fingerprint density at radius 3 is 2.42 bits per heavy atom. The molecule has 4 heteroatoms. The molecular formula is C15H31N3O. The number of carbonyl (C=O) groups excluding carboxylic acids is 1. The molecule has 0 spiro atoms. The first-order valence-electron chi connectivity index (χ1n) is 7.58. The summed E-state index contributed by atoms with van der Waals surface area (Å²) in [5.74, 6) is 0.971. The highest BCUT2D eigenvalue weighted by Crippen LogP contribution is 2.17. The summed E-state index contributed by atoms with van der Waals surface area (Å²) in [6, 6.07) is 0. The summed E-state index contributed by atoms with van der Waals surface area (Å²) in [4.78, 5) is 13.6. The summed E-state index contributed by atoms with van der Waals surface area (Å²) in [5.41, 5.74) is 0.227. The predicted molar refractivity (Wildman–Crippen MR) is 80.2 cm³/mol. The lowest BCUT2D eigenvalue weighted by atomic mass is 9.95. The van der Waals surface area contributed by atoms with Crippen LogP contribution in [0.5, 0.6) is 0 Å². The minimum absolute atomic E-state index is 0.157. The van der Waals surface area contributed by atoms with Gasteiger partial charge < -0.3 is 15.5 Å². The third-order valence-electron chi connectivity index (χ3n) is 3.79. The molecule has 19 heavy (non-hydrogen) atoms. The Bertz CT molecular complexity index is 265. The van der Waals surface area contributed by atoms with Gasteiger partial charge in [-0.05, 0) is 72.1 Å². The van der Waals surface area contributed by atoms with Crippen LogP contribution in [-0.2, 0) is 4.79 Å². The maximum absolute atomic E-state index is 11.1. The zero-order chi connectivity index (χ0) is 14.3. The van der Waals surface area contributed by atoms with Crippen molar-refractivity contribution in [1.82, 2.24) is 15.5 Å². The predicted octanol–water partition coefficient (Wildman–Crippen LogP) is 1.61. The van der Waals surface area contributed by atoms with Crippen molar-refractivity contribution in [2.75, 3.05) is 33.2 Å². The van der Waals surface area contributed by atoms with E-state index in [0.29, 0.717) is 6.42 Å². The average Bonchev–Trinajstić information content (AvgIpc) is 2.36. The van der Waals surface area contributed by atoms with Gasteiger partial charge >= 0.3 is 0 Å². The van der Waals surface area contributed by atoms with Crippen LogP contribution in [0.4, 0.5) is 0 Å². The van der Waals surface area contributed by atoms with Crippen LogP contribution in [0.25, 0.3) is 0 Å². The fourth-order valence-electron chi connectivity index (χ4n) is 2.45. The molecule has 1 aliphatic heterocycles. The third kappa shape index (κ3) is 7.53. The highest BCUT2D eigenvalue weighted by molar-refractivity contribution is 5.75. The zero-order valence-electron chi connectivity index (χ0n) is 13.1. The van der Waals surface area contributed by atoms with Gasteiger partial charge in [-0.2, -0.15) is 0 Å². The molecule has 0 aliphatic carbocycles. The molecule has 1 aliphatic rings. The molecule has 1 fully saturated rings. The first kappa shape index (κ1) is 16.4.